The minimum atomic E-state index is -0.746. The molecule has 0 saturated carbocycles. The second-order valence-corrected chi connectivity index (χ2v) is 8.70. The molecule has 3 rings (SSSR count). The molecule has 0 spiro atoms. The second-order valence-electron chi connectivity index (χ2n) is 8.70. The molecular weight excluding hydrogens is 405 g/mol. The number of carbonyl (C=O) groups is 2. The topological polar surface area (TPSA) is 55.4 Å². The first-order chi connectivity index (χ1) is 15.2. The molecule has 0 aliphatic rings. The third kappa shape index (κ3) is 5.82. The van der Waals surface area contributed by atoms with E-state index in [4.69, 9.17) is 4.74 Å². The van der Waals surface area contributed by atoms with Crippen LogP contribution in [0, 0.1) is 5.82 Å². The number of ketones is 1. The van der Waals surface area contributed by atoms with Gasteiger partial charge in [0.25, 0.3) is 5.91 Å². The van der Waals surface area contributed by atoms with Crippen molar-refractivity contribution in [2.24, 2.45) is 0 Å². The maximum Gasteiger partial charge on any atom is 0.265 e. The fourth-order valence-corrected chi connectivity index (χ4v) is 3.25. The Balaban J connectivity index is 1.71. The Morgan fingerprint density at radius 3 is 2.19 bits per heavy atom. The first kappa shape index (κ1) is 23.2. The summed E-state index contributed by atoms with van der Waals surface area (Å²) >= 11 is 0. The zero-order chi connectivity index (χ0) is 23.3. The number of benzene rings is 3. The lowest BCUT2D eigenvalue weighted by Crippen LogP contribution is -2.32. The van der Waals surface area contributed by atoms with Gasteiger partial charge < -0.3 is 10.1 Å². The summed E-state index contributed by atoms with van der Waals surface area (Å²) in [6.45, 7) is 8.20. The van der Waals surface area contributed by atoms with Gasteiger partial charge >= 0.3 is 0 Å². The van der Waals surface area contributed by atoms with Crippen LogP contribution in [0.3, 0.4) is 0 Å². The van der Waals surface area contributed by atoms with Crippen molar-refractivity contribution in [1.29, 1.82) is 0 Å². The van der Waals surface area contributed by atoms with Crippen LogP contribution in [-0.2, 0) is 10.2 Å². The van der Waals surface area contributed by atoms with Gasteiger partial charge in [0, 0.05) is 16.8 Å². The Hall–Kier alpha value is -3.47. The van der Waals surface area contributed by atoms with Crippen LogP contribution in [-0.4, -0.2) is 17.8 Å². The van der Waals surface area contributed by atoms with Crippen LogP contribution in [0.25, 0.3) is 0 Å². The third-order valence-corrected chi connectivity index (χ3v) is 5.16. The quantitative estimate of drug-likeness (QED) is 0.455. The predicted molar refractivity (Wildman–Crippen MR) is 125 cm³/mol. The Bertz CT molecular complexity index is 1080. The highest BCUT2D eigenvalue weighted by Gasteiger charge is 2.20. The Kier molecular flexibility index (Phi) is 7.08. The molecule has 0 aromatic heterocycles. The molecule has 1 amide bonds. The molecular formula is C27H28FNO3. The number of halogens is 1. The summed E-state index contributed by atoms with van der Waals surface area (Å²) in [6.07, 6.45) is -0.313. The summed E-state index contributed by atoms with van der Waals surface area (Å²) in [5.41, 5.74) is 2.75. The van der Waals surface area contributed by atoms with E-state index in [0.29, 0.717) is 29.0 Å². The van der Waals surface area contributed by atoms with Crippen LogP contribution in [0.2, 0.25) is 0 Å². The average molecular weight is 434 g/mol. The molecule has 1 atom stereocenters. The lowest BCUT2D eigenvalue weighted by Gasteiger charge is -2.19. The average Bonchev–Trinajstić information content (AvgIpc) is 2.77. The number of anilines is 1. The van der Waals surface area contributed by atoms with Crippen LogP contribution < -0.4 is 10.1 Å². The Morgan fingerprint density at radius 1 is 0.938 bits per heavy atom. The molecule has 0 radical (unpaired) electrons. The van der Waals surface area contributed by atoms with Crippen LogP contribution >= 0.6 is 0 Å². The molecule has 4 nitrogen and oxygen atoms in total. The standard InChI is InChI=1S/C27H28FNO3/c1-5-24(32-23-15-13-21(28)14-16-23)26(31)29-22-8-6-7-19(17-22)25(30)18-9-11-20(12-10-18)27(2,3)4/h6-17,24H,5H2,1-4H3,(H,29,31). The van der Waals surface area contributed by atoms with E-state index in [1.165, 1.54) is 24.3 Å². The van der Waals surface area contributed by atoms with Crippen molar-refractivity contribution >= 4 is 17.4 Å². The minimum Gasteiger partial charge on any atom is -0.481 e. The number of hydrogen-bond donors (Lipinski definition) is 1. The van der Waals surface area contributed by atoms with Crippen LogP contribution in [0.5, 0.6) is 5.75 Å². The van der Waals surface area contributed by atoms with Crippen LogP contribution in [0.15, 0.2) is 72.8 Å². The fraction of sp³-hybridized carbons (Fsp3) is 0.259. The van der Waals surface area contributed by atoms with Crippen molar-refractivity contribution in [1.82, 2.24) is 0 Å². The number of amides is 1. The zero-order valence-electron chi connectivity index (χ0n) is 18.8. The highest BCUT2D eigenvalue weighted by Crippen LogP contribution is 2.23. The van der Waals surface area contributed by atoms with Crippen molar-refractivity contribution in [2.75, 3.05) is 5.32 Å². The smallest absolute Gasteiger partial charge is 0.265 e. The SMILES string of the molecule is CCC(Oc1ccc(F)cc1)C(=O)Nc1cccc(C(=O)c2ccc(C(C)(C)C)cc2)c1. The number of carbonyl (C=O) groups excluding carboxylic acids is 2. The van der Waals surface area contributed by atoms with E-state index in [1.807, 2.05) is 31.2 Å². The highest BCUT2D eigenvalue weighted by molar-refractivity contribution is 6.09. The third-order valence-electron chi connectivity index (χ3n) is 5.16. The van der Waals surface area contributed by atoms with E-state index in [1.54, 1.807) is 24.3 Å². The summed E-state index contributed by atoms with van der Waals surface area (Å²) < 4.78 is 18.8. The molecule has 0 aliphatic carbocycles. The van der Waals surface area contributed by atoms with Gasteiger partial charge in [0.15, 0.2) is 11.9 Å². The Morgan fingerprint density at radius 2 is 1.59 bits per heavy atom. The molecule has 0 fully saturated rings. The van der Waals surface area contributed by atoms with Crippen molar-refractivity contribution in [3.8, 4) is 5.75 Å². The number of nitrogens with one attached hydrogen (secondary N) is 1. The van der Waals surface area contributed by atoms with Gasteiger partial charge in [-0.1, -0.05) is 64.1 Å². The summed E-state index contributed by atoms with van der Waals surface area (Å²) in [5.74, 6) is -0.410. The molecule has 0 aliphatic heterocycles. The molecule has 1 N–H and O–H groups in total. The molecule has 5 heteroatoms. The van der Waals surface area contributed by atoms with E-state index in [-0.39, 0.29) is 22.9 Å². The Labute approximate surface area is 188 Å². The summed E-state index contributed by atoms with van der Waals surface area (Å²) in [7, 11) is 0. The molecule has 0 heterocycles. The normalized spacial score (nSPS) is 12.2. The van der Waals surface area contributed by atoms with E-state index in [2.05, 4.69) is 26.1 Å². The van der Waals surface area contributed by atoms with Gasteiger partial charge in [0.05, 0.1) is 0 Å². The van der Waals surface area contributed by atoms with Gasteiger partial charge in [-0.3, -0.25) is 9.59 Å². The van der Waals surface area contributed by atoms with Crippen molar-refractivity contribution < 1.29 is 18.7 Å². The molecule has 0 saturated heterocycles. The van der Waals surface area contributed by atoms with Gasteiger partial charge in [-0.25, -0.2) is 4.39 Å². The molecule has 32 heavy (non-hydrogen) atoms. The zero-order valence-corrected chi connectivity index (χ0v) is 18.8. The first-order valence-electron chi connectivity index (χ1n) is 10.7. The van der Waals surface area contributed by atoms with Crippen molar-refractivity contribution in [3.63, 3.8) is 0 Å². The molecule has 1 unspecified atom stereocenters. The van der Waals surface area contributed by atoms with Gasteiger partial charge in [0.1, 0.15) is 11.6 Å². The fourth-order valence-electron chi connectivity index (χ4n) is 3.25. The molecule has 0 bridgehead atoms. The lowest BCUT2D eigenvalue weighted by molar-refractivity contribution is -0.122. The van der Waals surface area contributed by atoms with E-state index in [9.17, 15) is 14.0 Å². The largest absolute Gasteiger partial charge is 0.481 e. The van der Waals surface area contributed by atoms with E-state index < -0.39 is 6.10 Å². The maximum atomic E-state index is 13.1. The van der Waals surface area contributed by atoms with Crippen molar-refractivity contribution in [2.45, 2.75) is 45.6 Å². The summed E-state index contributed by atoms with van der Waals surface area (Å²) in [5, 5.41) is 2.81. The van der Waals surface area contributed by atoms with E-state index >= 15 is 0 Å². The van der Waals surface area contributed by atoms with Crippen molar-refractivity contribution in [3.05, 3.63) is 95.3 Å². The maximum absolute atomic E-state index is 13.1. The molecule has 3 aromatic rings. The van der Waals surface area contributed by atoms with Gasteiger partial charge in [-0.2, -0.15) is 0 Å². The monoisotopic (exact) mass is 433 g/mol. The lowest BCUT2D eigenvalue weighted by atomic mass is 9.86. The van der Waals surface area contributed by atoms with Crippen LogP contribution in [0.1, 0.15) is 55.6 Å². The summed E-state index contributed by atoms with van der Waals surface area (Å²) in [6, 6.07) is 20.0. The molecule has 3 aromatic carbocycles. The van der Waals surface area contributed by atoms with Gasteiger partial charge in [0.2, 0.25) is 0 Å². The van der Waals surface area contributed by atoms with Gasteiger partial charge in [-0.15, -0.1) is 0 Å². The number of rotatable bonds is 7. The number of hydrogen-bond acceptors (Lipinski definition) is 3. The summed E-state index contributed by atoms with van der Waals surface area (Å²) in [4.78, 5) is 25.6. The first-order valence-corrected chi connectivity index (χ1v) is 10.7. The van der Waals surface area contributed by atoms with Crippen LogP contribution in [0.4, 0.5) is 10.1 Å². The second kappa shape index (κ2) is 9.77. The van der Waals surface area contributed by atoms with Gasteiger partial charge in [-0.05, 0) is 53.8 Å². The number of ether oxygens (including phenoxy) is 1. The van der Waals surface area contributed by atoms with E-state index in [0.717, 1.165) is 5.56 Å². The minimum absolute atomic E-state index is 0.0115. The highest BCUT2D eigenvalue weighted by atomic mass is 19.1. The molecule has 166 valence electrons. The predicted octanol–water partition coefficient (Wildman–Crippen LogP) is 6.15.